The minimum absolute atomic E-state index is 0.213. The molecule has 2 saturated heterocycles. The normalized spacial score (nSPS) is 36.3. The lowest BCUT2D eigenvalue weighted by molar-refractivity contribution is -0.00585. The zero-order chi connectivity index (χ0) is 18.6. The smallest absolute Gasteiger partial charge is 0.317 e. The van der Waals surface area contributed by atoms with E-state index in [9.17, 15) is 4.79 Å². The van der Waals surface area contributed by atoms with Crippen molar-refractivity contribution in [2.24, 2.45) is 5.92 Å². The van der Waals surface area contributed by atoms with Gasteiger partial charge in [-0.05, 0) is 63.7 Å². The summed E-state index contributed by atoms with van der Waals surface area (Å²) in [6, 6.07) is 1.92. The average molecular weight is 378 g/mol. The lowest BCUT2D eigenvalue weighted by Gasteiger charge is -2.50. The fourth-order valence-electron chi connectivity index (χ4n) is 6.08. The van der Waals surface area contributed by atoms with Crippen molar-refractivity contribution >= 4 is 6.03 Å². The van der Waals surface area contributed by atoms with Gasteiger partial charge in [0.2, 0.25) is 0 Å². The predicted molar refractivity (Wildman–Crippen MR) is 108 cm³/mol. The molecule has 4 rings (SSSR count). The van der Waals surface area contributed by atoms with Gasteiger partial charge in [-0.2, -0.15) is 0 Å². The van der Waals surface area contributed by atoms with Crippen LogP contribution in [0.5, 0.6) is 0 Å². The summed E-state index contributed by atoms with van der Waals surface area (Å²) < 4.78 is 5.96. The number of urea groups is 1. The molecule has 0 radical (unpaired) electrons. The topological polar surface area (TPSA) is 44.8 Å². The van der Waals surface area contributed by atoms with Crippen LogP contribution in [-0.4, -0.2) is 66.3 Å². The van der Waals surface area contributed by atoms with Gasteiger partial charge >= 0.3 is 6.03 Å². The van der Waals surface area contributed by atoms with Crippen LogP contribution in [0.4, 0.5) is 4.79 Å². The largest absolute Gasteiger partial charge is 0.378 e. The molecular formula is C22H39N3O2. The summed E-state index contributed by atoms with van der Waals surface area (Å²) in [6.07, 6.45) is 14.1. The molecule has 2 aliphatic carbocycles. The molecule has 0 bridgehead atoms. The lowest BCUT2D eigenvalue weighted by Crippen LogP contribution is -2.63. The van der Waals surface area contributed by atoms with E-state index in [1.807, 2.05) is 0 Å². The van der Waals surface area contributed by atoms with Gasteiger partial charge in [-0.3, -0.25) is 0 Å². The molecule has 2 aliphatic heterocycles. The van der Waals surface area contributed by atoms with Gasteiger partial charge in [0.25, 0.3) is 0 Å². The second-order valence-corrected chi connectivity index (χ2v) is 9.27. The van der Waals surface area contributed by atoms with Gasteiger partial charge in [0, 0.05) is 44.4 Å². The van der Waals surface area contributed by atoms with Crippen molar-refractivity contribution in [3.63, 3.8) is 0 Å². The van der Waals surface area contributed by atoms with Crippen LogP contribution in [0.25, 0.3) is 0 Å². The number of rotatable bonds is 5. The Bertz CT molecular complexity index is 484. The van der Waals surface area contributed by atoms with Gasteiger partial charge in [-0.25, -0.2) is 4.79 Å². The molecule has 154 valence electrons. The number of hydrogen-bond donors (Lipinski definition) is 1. The quantitative estimate of drug-likeness (QED) is 0.793. The van der Waals surface area contributed by atoms with Crippen LogP contribution in [0.3, 0.4) is 0 Å². The average Bonchev–Trinajstić information content (AvgIpc) is 2.73. The fourth-order valence-corrected chi connectivity index (χ4v) is 6.08. The Balaban J connectivity index is 1.27. The van der Waals surface area contributed by atoms with Gasteiger partial charge in [0.05, 0.1) is 6.10 Å². The van der Waals surface area contributed by atoms with Gasteiger partial charge in [-0.15, -0.1) is 0 Å². The molecule has 2 atom stereocenters. The first-order chi connectivity index (χ1) is 13.3. The SMILES string of the molecule is CCCOC1CCC(N2CCC(N3C(=O)NC[C@H]4CCCC[C@@H]43)CC2)CC1. The maximum absolute atomic E-state index is 12.6. The number of amides is 2. The van der Waals surface area contributed by atoms with Crippen LogP contribution < -0.4 is 5.32 Å². The molecule has 5 heteroatoms. The van der Waals surface area contributed by atoms with Gasteiger partial charge in [-0.1, -0.05) is 19.8 Å². The highest BCUT2D eigenvalue weighted by Crippen LogP contribution is 2.35. The van der Waals surface area contributed by atoms with E-state index in [2.05, 4.69) is 22.0 Å². The van der Waals surface area contributed by atoms with Gasteiger partial charge < -0.3 is 19.9 Å². The van der Waals surface area contributed by atoms with E-state index in [-0.39, 0.29) is 6.03 Å². The Morgan fingerprint density at radius 2 is 1.70 bits per heavy atom. The van der Waals surface area contributed by atoms with Crippen molar-refractivity contribution in [1.29, 1.82) is 0 Å². The second kappa shape index (κ2) is 9.13. The molecule has 4 aliphatic rings. The first kappa shape index (κ1) is 19.5. The van der Waals surface area contributed by atoms with E-state index in [0.29, 0.717) is 24.1 Å². The highest BCUT2D eigenvalue weighted by atomic mass is 16.5. The highest BCUT2D eigenvalue weighted by molar-refractivity contribution is 5.76. The third kappa shape index (κ3) is 4.45. The summed E-state index contributed by atoms with van der Waals surface area (Å²) in [4.78, 5) is 17.6. The van der Waals surface area contributed by atoms with Crippen molar-refractivity contribution in [3.8, 4) is 0 Å². The van der Waals surface area contributed by atoms with Crippen molar-refractivity contribution in [2.45, 2.75) is 102 Å². The summed E-state index contributed by atoms with van der Waals surface area (Å²) in [5.74, 6) is 0.688. The summed E-state index contributed by atoms with van der Waals surface area (Å²) >= 11 is 0. The molecule has 27 heavy (non-hydrogen) atoms. The molecule has 1 N–H and O–H groups in total. The standard InChI is InChI=1S/C22H39N3O2/c1-2-15-27-20-9-7-18(8-10-20)24-13-11-19(12-14-24)25-21-6-4-3-5-17(21)16-23-22(25)26/h17-21H,2-16H2,1H3,(H,23,26)/t17-,18?,20?,21+/m1/s1. The number of piperidine rings is 1. The molecule has 2 amide bonds. The third-order valence-electron chi connectivity index (χ3n) is 7.59. The third-order valence-corrected chi connectivity index (χ3v) is 7.59. The maximum atomic E-state index is 12.6. The Kier molecular flexibility index (Phi) is 6.59. The van der Waals surface area contributed by atoms with Crippen LogP contribution in [0.1, 0.15) is 77.6 Å². The Morgan fingerprint density at radius 1 is 0.963 bits per heavy atom. The number of nitrogens with zero attached hydrogens (tertiary/aromatic N) is 2. The predicted octanol–water partition coefficient (Wildman–Crippen LogP) is 3.77. The van der Waals surface area contributed by atoms with Gasteiger partial charge in [0.15, 0.2) is 0 Å². The minimum atomic E-state index is 0.213. The van der Waals surface area contributed by atoms with E-state index in [1.54, 1.807) is 0 Å². The Hall–Kier alpha value is -0.810. The van der Waals surface area contributed by atoms with Crippen molar-refractivity contribution in [2.75, 3.05) is 26.2 Å². The Morgan fingerprint density at radius 3 is 2.44 bits per heavy atom. The summed E-state index contributed by atoms with van der Waals surface area (Å²) in [6.45, 7) is 6.34. The monoisotopic (exact) mass is 377 g/mol. The molecule has 0 aromatic carbocycles. The number of likely N-dealkylation sites (tertiary alicyclic amines) is 1. The minimum Gasteiger partial charge on any atom is -0.378 e. The number of hydrogen-bond acceptors (Lipinski definition) is 3. The molecule has 0 spiro atoms. The van der Waals surface area contributed by atoms with E-state index in [0.717, 1.165) is 51.5 Å². The van der Waals surface area contributed by atoms with E-state index < -0.39 is 0 Å². The summed E-state index contributed by atoms with van der Waals surface area (Å²) in [7, 11) is 0. The van der Waals surface area contributed by atoms with Gasteiger partial charge in [0.1, 0.15) is 0 Å². The second-order valence-electron chi connectivity index (χ2n) is 9.27. The summed E-state index contributed by atoms with van der Waals surface area (Å²) in [5, 5.41) is 3.18. The molecule has 5 nitrogen and oxygen atoms in total. The van der Waals surface area contributed by atoms with Crippen LogP contribution >= 0.6 is 0 Å². The fraction of sp³-hybridized carbons (Fsp3) is 0.955. The highest BCUT2D eigenvalue weighted by Gasteiger charge is 2.41. The maximum Gasteiger partial charge on any atom is 0.317 e. The van der Waals surface area contributed by atoms with E-state index >= 15 is 0 Å². The molecule has 2 saturated carbocycles. The molecule has 4 fully saturated rings. The first-order valence-electron chi connectivity index (χ1n) is 11.7. The zero-order valence-corrected chi connectivity index (χ0v) is 17.2. The van der Waals surface area contributed by atoms with Crippen LogP contribution in [0, 0.1) is 5.92 Å². The zero-order valence-electron chi connectivity index (χ0n) is 17.2. The number of carbonyl (C=O) groups is 1. The van der Waals surface area contributed by atoms with E-state index in [1.165, 1.54) is 51.4 Å². The molecule has 0 aromatic heterocycles. The number of nitrogens with one attached hydrogen (secondary N) is 1. The molecule has 0 aromatic rings. The number of ether oxygens (including phenoxy) is 1. The van der Waals surface area contributed by atoms with Crippen LogP contribution in [-0.2, 0) is 4.74 Å². The van der Waals surface area contributed by atoms with Crippen molar-refractivity contribution < 1.29 is 9.53 Å². The lowest BCUT2D eigenvalue weighted by atomic mass is 9.81. The molecule has 2 heterocycles. The Labute approximate surface area is 165 Å². The van der Waals surface area contributed by atoms with Crippen molar-refractivity contribution in [1.82, 2.24) is 15.1 Å². The first-order valence-corrected chi connectivity index (χ1v) is 11.7. The molecule has 0 unspecified atom stereocenters. The van der Waals surface area contributed by atoms with E-state index in [4.69, 9.17) is 4.74 Å². The number of carbonyl (C=O) groups excluding carboxylic acids is 1. The number of fused-ring (bicyclic) bond motifs is 1. The van der Waals surface area contributed by atoms with Crippen molar-refractivity contribution in [3.05, 3.63) is 0 Å². The molecular weight excluding hydrogens is 338 g/mol. The summed E-state index contributed by atoms with van der Waals surface area (Å²) in [5.41, 5.74) is 0. The van der Waals surface area contributed by atoms with Crippen LogP contribution in [0.2, 0.25) is 0 Å². The van der Waals surface area contributed by atoms with Crippen LogP contribution in [0.15, 0.2) is 0 Å².